The van der Waals surface area contributed by atoms with E-state index in [2.05, 4.69) is 26.9 Å². The first kappa shape index (κ1) is 13.6. The molecule has 0 saturated heterocycles. The summed E-state index contributed by atoms with van der Waals surface area (Å²) < 4.78 is 0. The normalized spacial score (nSPS) is 14.5. The van der Waals surface area contributed by atoms with Crippen LogP contribution in [0.3, 0.4) is 0 Å². The molecule has 21 heavy (non-hydrogen) atoms. The Labute approximate surface area is 123 Å². The maximum atomic E-state index is 11.9. The highest BCUT2D eigenvalue weighted by molar-refractivity contribution is 5.39. The van der Waals surface area contributed by atoms with Crippen molar-refractivity contribution in [3.63, 3.8) is 0 Å². The fourth-order valence-electron chi connectivity index (χ4n) is 2.79. The van der Waals surface area contributed by atoms with E-state index in [1.807, 2.05) is 25.1 Å². The zero-order valence-corrected chi connectivity index (χ0v) is 12.0. The van der Waals surface area contributed by atoms with Crippen LogP contribution in [0.4, 0.5) is 0 Å². The van der Waals surface area contributed by atoms with Crippen molar-refractivity contribution in [2.45, 2.75) is 26.4 Å². The van der Waals surface area contributed by atoms with Gasteiger partial charge in [-0.1, -0.05) is 24.1 Å². The number of H-pyrrole nitrogens is 1. The Bertz CT molecular complexity index is 770. The first-order valence-electron chi connectivity index (χ1n) is 7.03. The van der Waals surface area contributed by atoms with Gasteiger partial charge in [0.05, 0.1) is 5.69 Å². The molecule has 2 aromatic rings. The van der Waals surface area contributed by atoms with Crippen molar-refractivity contribution in [1.29, 1.82) is 0 Å². The van der Waals surface area contributed by atoms with Gasteiger partial charge >= 0.3 is 0 Å². The number of fused-ring (bicyclic) bond motifs is 1. The Balaban J connectivity index is 1.84. The van der Waals surface area contributed by atoms with Gasteiger partial charge in [-0.3, -0.25) is 9.69 Å². The molecule has 1 aliphatic rings. The smallest absolute Gasteiger partial charge is 0.254 e. The SMILES string of the molecule is C#Cc1ccccc1CN1CCc2c(nc(C)[nH]c2=O)C1. The molecule has 0 fully saturated rings. The third-order valence-electron chi connectivity index (χ3n) is 3.84. The van der Waals surface area contributed by atoms with E-state index in [-0.39, 0.29) is 5.56 Å². The predicted molar refractivity (Wildman–Crippen MR) is 81.8 cm³/mol. The van der Waals surface area contributed by atoms with Crippen LogP contribution in [0.1, 0.15) is 28.2 Å². The Morgan fingerprint density at radius 3 is 3.05 bits per heavy atom. The summed E-state index contributed by atoms with van der Waals surface area (Å²) in [5.74, 6) is 3.40. The van der Waals surface area contributed by atoms with E-state index in [9.17, 15) is 4.79 Å². The molecule has 4 nitrogen and oxygen atoms in total. The molecule has 0 aliphatic carbocycles. The predicted octanol–water partition coefficient (Wildman–Crippen LogP) is 1.62. The molecule has 0 atom stereocenters. The Morgan fingerprint density at radius 2 is 2.24 bits per heavy atom. The number of nitrogens with zero attached hydrogens (tertiary/aromatic N) is 2. The first-order chi connectivity index (χ1) is 10.2. The average molecular weight is 279 g/mol. The van der Waals surface area contributed by atoms with E-state index >= 15 is 0 Å². The Morgan fingerprint density at radius 1 is 1.43 bits per heavy atom. The first-order valence-corrected chi connectivity index (χ1v) is 7.03. The van der Waals surface area contributed by atoms with Gasteiger partial charge in [-0.2, -0.15) is 0 Å². The lowest BCUT2D eigenvalue weighted by Gasteiger charge is -2.27. The minimum Gasteiger partial charge on any atom is -0.311 e. The fraction of sp³-hybridized carbons (Fsp3) is 0.294. The molecule has 1 aromatic heterocycles. The zero-order chi connectivity index (χ0) is 14.8. The Kier molecular flexibility index (Phi) is 3.59. The second-order valence-corrected chi connectivity index (χ2v) is 5.34. The number of hydrogen-bond donors (Lipinski definition) is 1. The molecule has 0 amide bonds. The maximum Gasteiger partial charge on any atom is 0.254 e. The van der Waals surface area contributed by atoms with Gasteiger partial charge < -0.3 is 4.98 Å². The maximum absolute atomic E-state index is 11.9. The molecule has 3 rings (SSSR count). The number of nitrogens with one attached hydrogen (secondary N) is 1. The zero-order valence-electron chi connectivity index (χ0n) is 12.0. The monoisotopic (exact) mass is 279 g/mol. The van der Waals surface area contributed by atoms with Crippen LogP contribution in [-0.4, -0.2) is 21.4 Å². The van der Waals surface area contributed by atoms with E-state index in [1.165, 1.54) is 0 Å². The summed E-state index contributed by atoms with van der Waals surface area (Å²) in [4.78, 5) is 21.4. The lowest BCUT2D eigenvalue weighted by atomic mass is 10.0. The van der Waals surface area contributed by atoms with Crippen LogP contribution in [-0.2, 0) is 19.5 Å². The van der Waals surface area contributed by atoms with Crippen molar-refractivity contribution in [1.82, 2.24) is 14.9 Å². The number of aromatic amines is 1. The van der Waals surface area contributed by atoms with Crippen molar-refractivity contribution < 1.29 is 0 Å². The molecule has 106 valence electrons. The summed E-state index contributed by atoms with van der Waals surface area (Å²) >= 11 is 0. The molecule has 0 bridgehead atoms. The van der Waals surface area contributed by atoms with Crippen LogP contribution in [0.15, 0.2) is 29.1 Å². The van der Waals surface area contributed by atoms with Crippen LogP contribution in [0, 0.1) is 19.3 Å². The molecule has 1 aromatic carbocycles. The summed E-state index contributed by atoms with van der Waals surface area (Å²) in [7, 11) is 0. The Hall–Kier alpha value is -2.38. The number of terminal acetylenes is 1. The molecule has 0 spiro atoms. The third-order valence-corrected chi connectivity index (χ3v) is 3.84. The minimum absolute atomic E-state index is 0.00109. The van der Waals surface area contributed by atoms with E-state index in [1.54, 1.807) is 0 Å². The lowest BCUT2D eigenvalue weighted by molar-refractivity contribution is 0.240. The second kappa shape index (κ2) is 5.55. The van der Waals surface area contributed by atoms with E-state index in [4.69, 9.17) is 6.42 Å². The molecular weight excluding hydrogens is 262 g/mol. The van der Waals surface area contributed by atoms with Crippen LogP contribution in [0.25, 0.3) is 0 Å². The minimum atomic E-state index is 0.00109. The van der Waals surface area contributed by atoms with Crippen molar-refractivity contribution in [3.8, 4) is 12.3 Å². The number of rotatable bonds is 2. The summed E-state index contributed by atoms with van der Waals surface area (Å²) in [5, 5.41) is 0. The van der Waals surface area contributed by atoms with Gasteiger partial charge in [-0.25, -0.2) is 4.98 Å². The molecule has 2 heterocycles. The van der Waals surface area contributed by atoms with Gasteiger partial charge in [0.1, 0.15) is 5.82 Å². The van der Waals surface area contributed by atoms with E-state index in [0.29, 0.717) is 12.4 Å². The highest BCUT2D eigenvalue weighted by Gasteiger charge is 2.20. The summed E-state index contributed by atoms with van der Waals surface area (Å²) in [6.07, 6.45) is 6.28. The lowest BCUT2D eigenvalue weighted by Crippen LogP contribution is -2.35. The standard InChI is InChI=1S/C17H17N3O/c1-3-13-6-4-5-7-14(13)10-20-9-8-15-16(11-20)18-12(2)19-17(15)21/h1,4-7H,8-11H2,2H3,(H,18,19,21). The van der Waals surface area contributed by atoms with Crippen LogP contribution >= 0.6 is 0 Å². The van der Waals surface area contributed by atoms with Gasteiger partial charge in [0.2, 0.25) is 0 Å². The largest absolute Gasteiger partial charge is 0.311 e. The van der Waals surface area contributed by atoms with E-state index < -0.39 is 0 Å². The van der Waals surface area contributed by atoms with Gasteiger partial charge in [0.15, 0.2) is 0 Å². The summed E-state index contributed by atoms with van der Waals surface area (Å²) in [6.45, 7) is 4.14. The molecule has 4 heteroatoms. The van der Waals surface area contributed by atoms with Crippen LogP contribution < -0.4 is 5.56 Å². The average Bonchev–Trinajstić information content (AvgIpc) is 2.47. The highest BCUT2D eigenvalue weighted by atomic mass is 16.1. The number of benzene rings is 1. The fourth-order valence-corrected chi connectivity index (χ4v) is 2.79. The van der Waals surface area contributed by atoms with Gasteiger partial charge in [-0.15, -0.1) is 6.42 Å². The quantitative estimate of drug-likeness (QED) is 0.850. The highest BCUT2D eigenvalue weighted by Crippen LogP contribution is 2.18. The third kappa shape index (κ3) is 2.74. The molecule has 0 saturated carbocycles. The molecular formula is C17H17N3O. The van der Waals surface area contributed by atoms with E-state index in [0.717, 1.165) is 41.9 Å². The van der Waals surface area contributed by atoms with Crippen LogP contribution in [0.2, 0.25) is 0 Å². The molecule has 1 aliphatic heterocycles. The number of aryl methyl sites for hydroxylation is 1. The summed E-state index contributed by atoms with van der Waals surface area (Å²) in [6, 6.07) is 7.97. The number of aromatic nitrogens is 2. The van der Waals surface area contributed by atoms with Crippen LogP contribution in [0.5, 0.6) is 0 Å². The van der Waals surface area contributed by atoms with Gasteiger partial charge in [0, 0.05) is 30.8 Å². The molecule has 0 unspecified atom stereocenters. The molecule has 0 radical (unpaired) electrons. The van der Waals surface area contributed by atoms with Gasteiger partial charge in [-0.05, 0) is 25.0 Å². The number of hydrogen-bond acceptors (Lipinski definition) is 3. The van der Waals surface area contributed by atoms with Crippen molar-refractivity contribution in [2.24, 2.45) is 0 Å². The van der Waals surface area contributed by atoms with Gasteiger partial charge in [0.25, 0.3) is 5.56 Å². The second-order valence-electron chi connectivity index (χ2n) is 5.34. The topological polar surface area (TPSA) is 49.0 Å². The van der Waals surface area contributed by atoms with Crippen molar-refractivity contribution in [2.75, 3.05) is 6.54 Å². The summed E-state index contributed by atoms with van der Waals surface area (Å²) in [5.41, 5.74) is 3.78. The van der Waals surface area contributed by atoms with Crippen molar-refractivity contribution >= 4 is 0 Å². The molecule has 1 N–H and O–H groups in total. The van der Waals surface area contributed by atoms with Crippen molar-refractivity contribution in [3.05, 3.63) is 62.8 Å².